The average Bonchev–Trinajstić information content (AvgIpc) is 1.99. The van der Waals surface area contributed by atoms with E-state index in [9.17, 15) is 14.4 Å². The number of carbonyl (C=O) groups excluding carboxylic acids is 3. The summed E-state index contributed by atoms with van der Waals surface area (Å²) in [5.74, 6) is -0.625. The second-order valence-corrected chi connectivity index (χ2v) is 4.12. The third kappa shape index (κ3) is 3.23. The first-order valence-corrected chi connectivity index (χ1v) is 4.55. The Hall–Kier alpha value is -1.59. The summed E-state index contributed by atoms with van der Waals surface area (Å²) < 4.78 is 9.24. The Bertz CT molecular complexity index is 304. The van der Waals surface area contributed by atoms with Gasteiger partial charge >= 0.3 is 18.2 Å². The Kier molecular flexibility index (Phi) is 2.97. The first-order chi connectivity index (χ1) is 6.79. The molecule has 0 saturated carbocycles. The molecule has 0 aromatic heterocycles. The van der Waals surface area contributed by atoms with Crippen molar-refractivity contribution in [3.63, 3.8) is 0 Å². The van der Waals surface area contributed by atoms with Crippen molar-refractivity contribution in [1.82, 2.24) is 4.90 Å². The van der Waals surface area contributed by atoms with Crippen LogP contribution < -0.4 is 0 Å². The number of amides is 2. The predicted octanol–water partition coefficient (Wildman–Crippen LogP) is 1.29. The van der Waals surface area contributed by atoms with Crippen molar-refractivity contribution in [2.75, 3.05) is 6.54 Å². The van der Waals surface area contributed by atoms with E-state index in [1.54, 1.807) is 20.8 Å². The van der Waals surface area contributed by atoms with Crippen LogP contribution in [0.3, 0.4) is 0 Å². The monoisotopic (exact) mass is 215 g/mol. The highest BCUT2D eigenvalue weighted by Gasteiger charge is 2.33. The van der Waals surface area contributed by atoms with Gasteiger partial charge in [-0.05, 0) is 20.8 Å². The van der Waals surface area contributed by atoms with Crippen LogP contribution in [-0.2, 0) is 14.3 Å². The fraction of sp³-hybridized carbons (Fsp3) is 0.667. The second-order valence-electron chi connectivity index (χ2n) is 4.12. The molecule has 0 bridgehead atoms. The lowest BCUT2D eigenvalue weighted by Gasteiger charge is -2.27. The second kappa shape index (κ2) is 3.88. The van der Waals surface area contributed by atoms with E-state index in [0.717, 1.165) is 4.90 Å². The van der Waals surface area contributed by atoms with E-state index in [1.165, 1.54) is 0 Å². The lowest BCUT2D eigenvalue weighted by molar-refractivity contribution is -0.141. The maximum atomic E-state index is 11.4. The Morgan fingerprint density at radius 3 is 2.47 bits per heavy atom. The van der Waals surface area contributed by atoms with Gasteiger partial charge in [0.15, 0.2) is 0 Å². The number of esters is 1. The van der Waals surface area contributed by atoms with Gasteiger partial charge in [-0.2, -0.15) is 0 Å². The topological polar surface area (TPSA) is 72.9 Å². The van der Waals surface area contributed by atoms with E-state index in [1.807, 2.05) is 0 Å². The SMILES string of the molecule is CC(C)(C)OC(=O)N1CCC(=O)OC1=O. The van der Waals surface area contributed by atoms with Gasteiger partial charge in [0.05, 0.1) is 6.42 Å². The molecule has 1 aliphatic rings. The summed E-state index contributed by atoms with van der Waals surface area (Å²) in [6.45, 7) is 5.06. The summed E-state index contributed by atoms with van der Waals surface area (Å²) in [5.41, 5.74) is -0.682. The zero-order valence-corrected chi connectivity index (χ0v) is 8.90. The molecule has 0 N–H and O–H groups in total. The van der Waals surface area contributed by atoms with Gasteiger partial charge in [-0.3, -0.25) is 4.79 Å². The van der Waals surface area contributed by atoms with Gasteiger partial charge in [0, 0.05) is 6.54 Å². The maximum Gasteiger partial charge on any atom is 0.427 e. The molecule has 6 nitrogen and oxygen atoms in total. The molecule has 0 aromatic rings. The molecule has 0 aliphatic carbocycles. The van der Waals surface area contributed by atoms with Gasteiger partial charge in [-0.15, -0.1) is 0 Å². The Morgan fingerprint density at radius 2 is 2.00 bits per heavy atom. The van der Waals surface area contributed by atoms with Crippen LogP contribution in [0.4, 0.5) is 9.59 Å². The minimum absolute atomic E-state index is 0.00494. The molecule has 0 radical (unpaired) electrons. The zero-order chi connectivity index (χ0) is 11.6. The molecule has 2 amide bonds. The van der Waals surface area contributed by atoms with E-state index in [0.29, 0.717) is 0 Å². The summed E-state index contributed by atoms with van der Waals surface area (Å²) in [4.78, 5) is 34.0. The normalized spacial score (nSPS) is 17.4. The van der Waals surface area contributed by atoms with Crippen molar-refractivity contribution in [2.24, 2.45) is 0 Å². The molecular formula is C9H13NO5. The minimum atomic E-state index is -0.972. The third-order valence-corrected chi connectivity index (χ3v) is 1.57. The maximum absolute atomic E-state index is 11.4. The van der Waals surface area contributed by atoms with Crippen molar-refractivity contribution in [1.29, 1.82) is 0 Å². The van der Waals surface area contributed by atoms with Crippen molar-refractivity contribution >= 4 is 18.2 Å². The summed E-state index contributed by atoms with van der Waals surface area (Å²) in [5, 5.41) is 0. The summed E-state index contributed by atoms with van der Waals surface area (Å²) in [7, 11) is 0. The van der Waals surface area contributed by atoms with E-state index < -0.39 is 23.8 Å². The van der Waals surface area contributed by atoms with Gasteiger partial charge < -0.3 is 9.47 Å². The smallest absolute Gasteiger partial charge is 0.427 e. The summed E-state index contributed by atoms with van der Waals surface area (Å²) in [6, 6.07) is 0. The highest BCUT2D eigenvalue weighted by molar-refractivity contribution is 5.96. The van der Waals surface area contributed by atoms with Crippen molar-refractivity contribution in [3.05, 3.63) is 0 Å². The number of cyclic esters (lactones) is 2. The minimum Gasteiger partial charge on any atom is -0.443 e. The fourth-order valence-corrected chi connectivity index (χ4v) is 0.981. The summed E-state index contributed by atoms with van der Waals surface area (Å²) >= 11 is 0. The van der Waals surface area contributed by atoms with Crippen LogP contribution in [0.5, 0.6) is 0 Å². The molecule has 6 heteroatoms. The number of carbonyl (C=O) groups is 3. The summed E-state index contributed by atoms with van der Waals surface area (Å²) in [6.07, 6.45) is -1.76. The molecule has 0 aromatic carbocycles. The standard InChI is InChI=1S/C9H13NO5/c1-9(2,3)15-8(13)10-5-4-6(11)14-7(10)12/h4-5H2,1-3H3. The van der Waals surface area contributed by atoms with Gasteiger partial charge in [-0.25, -0.2) is 14.5 Å². The van der Waals surface area contributed by atoms with Crippen molar-refractivity contribution in [3.8, 4) is 0 Å². The van der Waals surface area contributed by atoms with Gasteiger partial charge in [-0.1, -0.05) is 0 Å². The highest BCUT2D eigenvalue weighted by atomic mass is 16.6. The molecule has 1 heterocycles. The molecule has 1 saturated heterocycles. The van der Waals surface area contributed by atoms with Gasteiger partial charge in [0.1, 0.15) is 5.60 Å². The molecule has 1 aliphatic heterocycles. The van der Waals surface area contributed by atoms with Crippen LogP contribution in [-0.4, -0.2) is 35.2 Å². The zero-order valence-electron chi connectivity index (χ0n) is 8.90. The van der Waals surface area contributed by atoms with Gasteiger partial charge in [0.25, 0.3) is 0 Å². The number of imide groups is 1. The number of ether oxygens (including phenoxy) is 2. The average molecular weight is 215 g/mol. The van der Waals surface area contributed by atoms with Crippen LogP contribution in [0.25, 0.3) is 0 Å². The first kappa shape index (κ1) is 11.5. The number of hydrogen-bond donors (Lipinski definition) is 0. The van der Waals surface area contributed by atoms with Crippen LogP contribution >= 0.6 is 0 Å². The molecule has 0 spiro atoms. The van der Waals surface area contributed by atoms with E-state index in [4.69, 9.17) is 4.74 Å². The van der Waals surface area contributed by atoms with Crippen molar-refractivity contribution in [2.45, 2.75) is 32.8 Å². The Balaban J connectivity index is 2.61. The number of rotatable bonds is 0. The lowest BCUT2D eigenvalue weighted by Crippen LogP contribution is -2.46. The Morgan fingerprint density at radius 1 is 1.40 bits per heavy atom. The predicted molar refractivity (Wildman–Crippen MR) is 49.0 cm³/mol. The number of nitrogens with zero attached hydrogens (tertiary/aromatic N) is 1. The van der Waals surface area contributed by atoms with Crippen LogP contribution in [0.15, 0.2) is 0 Å². The quantitative estimate of drug-likeness (QED) is 0.449. The highest BCUT2D eigenvalue weighted by Crippen LogP contribution is 2.13. The molecule has 15 heavy (non-hydrogen) atoms. The largest absolute Gasteiger partial charge is 0.443 e. The first-order valence-electron chi connectivity index (χ1n) is 4.55. The molecular weight excluding hydrogens is 202 g/mol. The molecule has 1 rings (SSSR count). The molecule has 1 fully saturated rings. The molecule has 84 valence electrons. The van der Waals surface area contributed by atoms with E-state index in [2.05, 4.69) is 4.74 Å². The van der Waals surface area contributed by atoms with Crippen molar-refractivity contribution < 1.29 is 23.9 Å². The molecule has 0 unspecified atom stereocenters. The fourth-order valence-electron chi connectivity index (χ4n) is 0.981. The third-order valence-electron chi connectivity index (χ3n) is 1.57. The van der Waals surface area contributed by atoms with Gasteiger partial charge in [0.2, 0.25) is 0 Å². The van der Waals surface area contributed by atoms with Crippen LogP contribution in [0.2, 0.25) is 0 Å². The van der Waals surface area contributed by atoms with Crippen LogP contribution in [0.1, 0.15) is 27.2 Å². The molecule has 0 atom stereocenters. The lowest BCUT2D eigenvalue weighted by atomic mass is 10.2. The van der Waals surface area contributed by atoms with Crippen LogP contribution in [0, 0.1) is 0 Å². The van der Waals surface area contributed by atoms with E-state index >= 15 is 0 Å². The number of hydrogen-bond acceptors (Lipinski definition) is 5. The van der Waals surface area contributed by atoms with E-state index in [-0.39, 0.29) is 13.0 Å². The Labute approximate surface area is 87.1 Å².